The molecule has 4 rings (SSSR count). The van der Waals surface area contributed by atoms with Gasteiger partial charge in [-0.2, -0.15) is 10.2 Å². The summed E-state index contributed by atoms with van der Waals surface area (Å²) in [4.78, 5) is 12.4. The molecule has 4 aromatic rings. The molecule has 3 aromatic heterocycles. The van der Waals surface area contributed by atoms with Gasteiger partial charge in [0.05, 0.1) is 24.6 Å². The molecule has 1 amide bonds. The van der Waals surface area contributed by atoms with Crippen LogP contribution in [-0.4, -0.2) is 25.5 Å². The number of alkyl halides is 4. The average molecular weight is 498 g/mol. The number of aromatic nitrogens is 4. The molecule has 0 aliphatic heterocycles. The fraction of sp³-hybridized carbons (Fsp3) is 0.190. The van der Waals surface area contributed by atoms with Crippen LogP contribution in [0.3, 0.4) is 0 Å². The lowest BCUT2D eigenvalue weighted by atomic mass is 10.3. The quantitative estimate of drug-likeness (QED) is 0.307. The third-order valence-electron chi connectivity index (χ3n) is 4.52. The SMILES string of the molecule is O=C(Nc1cnn(COc2cccc(Cl)c2)c1)c1ccc(Cn2nc(C(F)F)cc2C(F)F)o1. The Hall–Kier alpha value is -3.80. The van der Waals surface area contributed by atoms with E-state index in [2.05, 4.69) is 15.5 Å². The highest BCUT2D eigenvalue weighted by molar-refractivity contribution is 6.30. The fourth-order valence-corrected chi connectivity index (χ4v) is 3.16. The maximum absolute atomic E-state index is 13.1. The van der Waals surface area contributed by atoms with E-state index < -0.39 is 30.1 Å². The maximum Gasteiger partial charge on any atom is 0.291 e. The van der Waals surface area contributed by atoms with Gasteiger partial charge in [-0.15, -0.1) is 0 Å². The highest BCUT2D eigenvalue weighted by Crippen LogP contribution is 2.26. The second-order valence-corrected chi connectivity index (χ2v) is 7.41. The largest absolute Gasteiger partial charge is 0.471 e. The van der Waals surface area contributed by atoms with Crippen LogP contribution in [-0.2, 0) is 13.3 Å². The van der Waals surface area contributed by atoms with Crippen LogP contribution in [0.2, 0.25) is 5.02 Å². The van der Waals surface area contributed by atoms with Gasteiger partial charge in [-0.25, -0.2) is 22.2 Å². The Labute approximate surface area is 194 Å². The summed E-state index contributed by atoms with van der Waals surface area (Å²) in [6, 6.07) is 10.2. The van der Waals surface area contributed by atoms with Crippen LogP contribution in [0.15, 0.2) is 59.3 Å². The lowest BCUT2D eigenvalue weighted by Crippen LogP contribution is -2.11. The molecule has 0 aliphatic rings. The number of nitrogens with one attached hydrogen (secondary N) is 1. The molecule has 0 radical (unpaired) electrons. The molecular weight excluding hydrogens is 482 g/mol. The molecule has 0 saturated carbocycles. The molecule has 0 bridgehead atoms. The molecule has 1 N–H and O–H groups in total. The van der Waals surface area contributed by atoms with Crippen molar-refractivity contribution < 1.29 is 31.5 Å². The van der Waals surface area contributed by atoms with E-state index in [-0.39, 0.29) is 24.8 Å². The van der Waals surface area contributed by atoms with Gasteiger partial charge in [0.1, 0.15) is 22.9 Å². The number of anilines is 1. The molecular formula is C21H16ClF4N5O3. The van der Waals surface area contributed by atoms with E-state index >= 15 is 0 Å². The first-order valence-corrected chi connectivity index (χ1v) is 10.1. The van der Waals surface area contributed by atoms with E-state index in [9.17, 15) is 22.4 Å². The van der Waals surface area contributed by atoms with Crippen molar-refractivity contribution in [2.24, 2.45) is 0 Å². The summed E-state index contributed by atoms with van der Waals surface area (Å²) in [5, 5.41) is 10.7. The number of benzene rings is 1. The van der Waals surface area contributed by atoms with Gasteiger partial charge < -0.3 is 14.5 Å². The molecule has 0 saturated heterocycles. The predicted octanol–water partition coefficient (Wildman–Crippen LogP) is 5.54. The number of hydrogen-bond acceptors (Lipinski definition) is 5. The topological polar surface area (TPSA) is 87.1 Å². The number of ether oxygens (including phenoxy) is 1. The summed E-state index contributed by atoms with van der Waals surface area (Å²) in [6.45, 7) is -0.281. The van der Waals surface area contributed by atoms with Crippen LogP contribution in [0.25, 0.3) is 0 Å². The number of carbonyl (C=O) groups is 1. The lowest BCUT2D eigenvalue weighted by Gasteiger charge is -2.06. The minimum atomic E-state index is -3.00. The number of halogens is 5. The first-order valence-electron chi connectivity index (χ1n) is 9.73. The molecule has 0 unspecified atom stereocenters. The van der Waals surface area contributed by atoms with E-state index in [0.717, 1.165) is 4.68 Å². The van der Waals surface area contributed by atoms with Gasteiger partial charge in [-0.1, -0.05) is 17.7 Å². The minimum absolute atomic E-state index is 0.0675. The molecule has 34 heavy (non-hydrogen) atoms. The van der Waals surface area contributed by atoms with Crippen molar-refractivity contribution in [2.45, 2.75) is 26.1 Å². The van der Waals surface area contributed by atoms with Gasteiger partial charge in [0.15, 0.2) is 12.5 Å². The molecule has 0 fully saturated rings. The highest BCUT2D eigenvalue weighted by atomic mass is 35.5. The Bertz CT molecular complexity index is 1290. The van der Waals surface area contributed by atoms with E-state index in [1.807, 2.05) is 0 Å². The first-order chi connectivity index (χ1) is 16.3. The van der Waals surface area contributed by atoms with E-state index in [1.165, 1.54) is 29.2 Å². The molecule has 0 atom stereocenters. The van der Waals surface area contributed by atoms with Crippen molar-refractivity contribution in [1.82, 2.24) is 19.6 Å². The smallest absolute Gasteiger partial charge is 0.291 e. The van der Waals surface area contributed by atoms with Crippen LogP contribution >= 0.6 is 11.6 Å². The Morgan fingerprint density at radius 2 is 1.97 bits per heavy atom. The summed E-state index contributed by atoms with van der Waals surface area (Å²) in [5.41, 5.74) is -1.09. The summed E-state index contributed by atoms with van der Waals surface area (Å²) < 4.78 is 65.0. The van der Waals surface area contributed by atoms with Crippen molar-refractivity contribution in [3.8, 4) is 5.75 Å². The maximum atomic E-state index is 13.1. The van der Waals surface area contributed by atoms with Crippen LogP contribution in [0.5, 0.6) is 5.75 Å². The molecule has 8 nitrogen and oxygen atoms in total. The van der Waals surface area contributed by atoms with Crippen LogP contribution in [0.1, 0.15) is 40.6 Å². The zero-order chi connectivity index (χ0) is 24.2. The number of rotatable bonds is 9. The van der Waals surface area contributed by atoms with Crippen molar-refractivity contribution in [2.75, 3.05) is 5.32 Å². The Balaban J connectivity index is 1.37. The Morgan fingerprint density at radius 1 is 1.15 bits per heavy atom. The molecule has 13 heteroatoms. The zero-order valence-electron chi connectivity index (χ0n) is 17.2. The van der Waals surface area contributed by atoms with Crippen LogP contribution in [0.4, 0.5) is 23.2 Å². The number of hydrogen-bond donors (Lipinski definition) is 1. The Kier molecular flexibility index (Phi) is 6.87. The van der Waals surface area contributed by atoms with Crippen molar-refractivity contribution in [3.05, 3.63) is 82.8 Å². The average Bonchev–Trinajstić information content (AvgIpc) is 3.52. The van der Waals surface area contributed by atoms with Gasteiger partial charge >= 0.3 is 0 Å². The molecule has 1 aromatic carbocycles. The van der Waals surface area contributed by atoms with Crippen LogP contribution < -0.4 is 10.1 Å². The minimum Gasteiger partial charge on any atom is -0.471 e. The van der Waals surface area contributed by atoms with Gasteiger partial charge in [-0.05, 0) is 36.4 Å². The van der Waals surface area contributed by atoms with E-state index in [0.29, 0.717) is 22.5 Å². The molecule has 0 aliphatic carbocycles. The summed E-state index contributed by atoms with van der Waals surface area (Å²) in [6.07, 6.45) is -3.07. The summed E-state index contributed by atoms with van der Waals surface area (Å²) in [5.74, 6) is -0.103. The number of amides is 1. The molecule has 0 spiro atoms. The van der Waals surface area contributed by atoms with Gasteiger partial charge in [0, 0.05) is 5.02 Å². The van der Waals surface area contributed by atoms with Gasteiger partial charge in [0.2, 0.25) is 0 Å². The molecule has 178 valence electrons. The van der Waals surface area contributed by atoms with Gasteiger partial charge in [-0.3, -0.25) is 9.48 Å². The Morgan fingerprint density at radius 3 is 2.71 bits per heavy atom. The first kappa shape index (κ1) is 23.4. The molecule has 3 heterocycles. The summed E-state index contributed by atoms with van der Waals surface area (Å²) in [7, 11) is 0. The zero-order valence-corrected chi connectivity index (χ0v) is 17.9. The van der Waals surface area contributed by atoms with E-state index in [1.54, 1.807) is 24.3 Å². The van der Waals surface area contributed by atoms with E-state index in [4.69, 9.17) is 20.8 Å². The second kappa shape index (κ2) is 10.00. The standard InChI is InChI=1S/C21H16ClF4N5O3/c22-12-2-1-3-14(6-12)33-11-30-9-13(8-27-30)28-21(32)18-5-4-15(34-18)10-31-17(20(25)26)7-16(29-31)19(23)24/h1-9,19-20H,10-11H2,(H,28,32). The normalized spacial score (nSPS) is 11.4. The third kappa shape index (κ3) is 5.57. The van der Waals surface area contributed by atoms with Gasteiger partial charge in [0.25, 0.3) is 18.8 Å². The van der Waals surface area contributed by atoms with Crippen LogP contribution in [0, 0.1) is 0 Å². The highest BCUT2D eigenvalue weighted by Gasteiger charge is 2.22. The second-order valence-electron chi connectivity index (χ2n) is 6.97. The summed E-state index contributed by atoms with van der Waals surface area (Å²) >= 11 is 5.90. The third-order valence-corrected chi connectivity index (χ3v) is 4.75. The van der Waals surface area contributed by atoms with Crippen molar-refractivity contribution >= 4 is 23.2 Å². The predicted molar refractivity (Wildman–Crippen MR) is 112 cm³/mol. The monoisotopic (exact) mass is 497 g/mol. The fourth-order valence-electron chi connectivity index (χ4n) is 2.98. The van der Waals surface area contributed by atoms with Crippen molar-refractivity contribution in [1.29, 1.82) is 0 Å². The number of furan rings is 1. The lowest BCUT2D eigenvalue weighted by molar-refractivity contribution is 0.0994. The number of carbonyl (C=O) groups excluding carboxylic acids is 1. The van der Waals surface area contributed by atoms with Crippen molar-refractivity contribution in [3.63, 3.8) is 0 Å². The number of nitrogens with zero attached hydrogens (tertiary/aromatic N) is 4.